The van der Waals surface area contributed by atoms with Gasteiger partial charge in [-0.3, -0.25) is 4.57 Å². The number of benzene rings is 9. The average molecular weight is 712 g/mol. The molecule has 0 N–H and O–H groups in total. The fourth-order valence-corrected chi connectivity index (χ4v) is 7.52. The molecule has 0 radical (unpaired) electrons. The van der Waals surface area contributed by atoms with Crippen LogP contribution in [0.4, 0.5) is 0 Å². The molecule has 0 aliphatic heterocycles. The van der Waals surface area contributed by atoms with Gasteiger partial charge in [-0.1, -0.05) is 176 Å². The van der Waals surface area contributed by atoms with Gasteiger partial charge < -0.3 is 0 Å². The van der Waals surface area contributed by atoms with Crippen LogP contribution >= 0.6 is 0 Å². The smallest absolute Gasteiger partial charge is 0.238 e. The second kappa shape index (κ2) is 12.6. The first-order chi connectivity index (χ1) is 31.9. The molecule has 55 heavy (non-hydrogen) atoms. The molecule has 11 rings (SSSR count). The fraction of sp³-hybridized carbons (Fsp3) is 0. The predicted octanol–water partition coefficient (Wildman–Crippen LogP) is 13.1. The van der Waals surface area contributed by atoms with Gasteiger partial charge in [0.1, 0.15) is 0 Å². The van der Waals surface area contributed by atoms with E-state index < -0.39 is 66.5 Å². The zero-order valence-electron chi connectivity index (χ0n) is 39.9. The molecule has 0 bridgehead atoms. The minimum Gasteiger partial charge on any atom is -0.277 e. The molecule has 9 aromatic carbocycles. The molecule has 0 unspecified atom stereocenters. The van der Waals surface area contributed by atoms with Gasteiger partial charge in [-0.15, -0.1) is 0 Å². The zero-order chi connectivity index (χ0) is 45.9. The second-order valence-corrected chi connectivity index (χ2v) is 13.1. The van der Waals surface area contributed by atoms with Crippen molar-refractivity contribution in [3.05, 3.63) is 194 Å². The molecule has 0 saturated carbocycles. The van der Waals surface area contributed by atoms with Crippen LogP contribution in [0.1, 0.15) is 15.1 Å². The molecule has 0 aliphatic rings. The highest BCUT2D eigenvalue weighted by atomic mass is 15.2. The van der Waals surface area contributed by atoms with Crippen LogP contribution in [0.15, 0.2) is 194 Å². The van der Waals surface area contributed by atoms with Crippen molar-refractivity contribution < 1.29 is 15.1 Å². The van der Waals surface area contributed by atoms with Crippen LogP contribution in [-0.4, -0.2) is 19.5 Å². The number of rotatable bonds is 5. The number of fused-ring (bicyclic) bond motifs is 9. The maximum Gasteiger partial charge on any atom is 0.238 e. The van der Waals surface area contributed by atoms with Gasteiger partial charge in [-0.2, -0.15) is 9.97 Å². The van der Waals surface area contributed by atoms with Crippen molar-refractivity contribution in [2.75, 3.05) is 0 Å². The summed E-state index contributed by atoms with van der Waals surface area (Å²) in [6.45, 7) is 0. The number of hydrogen-bond acceptors (Lipinski definition) is 3. The highest BCUT2D eigenvalue weighted by Crippen LogP contribution is 2.40. The van der Waals surface area contributed by atoms with Gasteiger partial charge in [0.2, 0.25) is 5.95 Å². The summed E-state index contributed by atoms with van der Waals surface area (Å²) in [4.78, 5) is 15.0. The highest BCUT2D eigenvalue weighted by molar-refractivity contribution is 6.25. The van der Waals surface area contributed by atoms with E-state index in [1.54, 1.807) is 0 Å². The quantitative estimate of drug-likeness (QED) is 0.167. The molecular formula is C51H32N4. The van der Waals surface area contributed by atoms with Crippen LogP contribution < -0.4 is 0 Å². The van der Waals surface area contributed by atoms with E-state index in [-0.39, 0.29) is 55.5 Å². The molecule has 2 aromatic heterocycles. The van der Waals surface area contributed by atoms with E-state index in [0.29, 0.717) is 5.56 Å². The first-order valence-corrected chi connectivity index (χ1v) is 17.7. The van der Waals surface area contributed by atoms with E-state index in [0.717, 1.165) is 44.1 Å². The molecule has 0 atom stereocenters. The Hall–Kier alpha value is -7.43. The van der Waals surface area contributed by atoms with E-state index in [9.17, 15) is 4.11 Å². The number of para-hydroxylation sites is 2. The van der Waals surface area contributed by atoms with E-state index in [1.807, 2.05) is 108 Å². The molecule has 0 saturated heterocycles. The Labute approximate surface area is 333 Å². The van der Waals surface area contributed by atoms with Crippen LogP contribution in [0.25, 0.3) is 105 Å². The lowest BCUT2D eigenvalue weighted by atomic mass is 9.93. The molecule has 0 aliphatic carbocycles. The van der Waals surface area contributed by atoms with Crippen molar-refractivity contribution >= 4 is 54.1 Å². The minimum atomic E-state index is -0.637. The summed E-state index contributed by atoms with van der Waals surface area (Å²) in [5.41, 5.74) is 5.78. The van der Waals surface area contributed by atoms with Crippen molar-refractivity contribution in [1.29, 1.82) is 0 Å². The van der Waals surface area contributed by atoms with Gasteiger partial charge in [0.25, 0.3) is 0 Å². The second-order valence-electron chi connectivity index (χ2n) is 13.1. The molecule has 2 heterocycles. The third-order valence-corrected chi connectivity index (χ3v) is 9.99. The van der Waals surface area contributed by atoms with Crippen molar-refractivity contribution in [2.45, 2.75) is 0 Å². The normalized spacial score (nSPS) is 14.4. The molecule has 0 amide bonds. The monoisotopic (exact) mass is 711 g/mol. The molecule has 256 valence electrons. The van der Waals surface area contributed by atoms with Crippen LogP contribution in [0.5, 0.6) is 0 Å². The Morgan fingerprint density at radius 3 is 1.65 bits per heavy atom. The van der Waals surface area contributed by atoms with E-state index in [4.69, 9.17) is 25.9 Å². The van der Waals surface area contributed by atoms with Crippen molar-refractivity contribution in [3.63, 3.8) is 0 Å². The number of nitrogens with zero attached hydrogens (tertiary/aromatic N) is 4. The summed E-state index contributed by atoms with van der Waals surface area (Å²) in [6, 6.07) is 35.0. The van der Waals surface area contributed by atoms with Crippen molar-refractivity contribution in [2.24, 2.45) is 0 Å². The summed E-state index contributed by atoms with van der Waals surface area (Å²) in [5, 5.41) is 0.466. The SMILES string of the molecule is [2H]c1c([2H])c([2H])c2c(c1[2H])c1c([2H])c([2H])c([2H])c([2H])c1c1c([2H])c(-c3nc(-c4ccccc4)nc(-n4c5ccccc5c5cccc(-c6cccc(-c7ccccc7)c6)c54)n3)c([2H])c([2H])c21. The Kier molecular flexibility index (Phi) is 5.03. The van der Waals surface area contributed by atoms with E-state index in [2.05, 4.69) is 24.3 Å². The molecular weight excluding hydrogens is 669 g/mol. The summed E-state index contributed by atoms with van der Waals surface area (Å²) < 4.78 is 102. The lowest BCUT2D eigenvalue weighted by molar-refractivity contribution is 0.954. The molecule has 4 nitrogen and oxygen atoms in total. The Morgan fingerprint density at radius 1 is 0.382 bits per heavy atom. The van der Waals surface area contributed by atoms with Gasteiger partial charge in [-0.25, -0.2) is 4.98 Å². The van der Waals surface area contributed by atoms with Gasteiger partial charge >= 0.3 is 0 Å². The largest absolute Gasteiger partial charge is 0.277 e. The van der Waals surface area contributed by atoms with Crippen molar-refractivity contribution in [1.82, 2.24) is 19.5 Å². The van der Waals surface area contributed by atoms with Crippen LogP contribution in [0.2, 0.25) is 0 Å². The summed E-state index contributed by atoms with van der Waals surface area (Å²) in [7, 11) is 0. The summed E-state index contributed by atoms with van der Waals surface area (Å²) in [5.74, 6) is 0.166. The maximum absolute atomic E-state index is 9.95. The Bertz CT molecular complexity index is 3850. The topological polar surface area (TPSA) is 43.6 Å². The summed E-state index contributed by atoms with van der Waals surface area (Å²) >= 11 is 0. The van der Waals surface area contributed by atoms with Crippen molar-refractivity contribution in [3.8, 4) is 51.0 Å². The third kappa shape index (κ3) is 5.11. The first kappa shape index (κ1) is 21.9. The zero-order valence-corrected chi connectivity index (χ0v) is 28.9. The van der Waals surface area contributed by atoms with Crippen LogP contribution in [0, 0.1) is 0 Å². The van der Waals surface area contributed by atoms with E-state index >= 15 is 0 Å². The minimum absolute atomic E-state index is 0.140. The number of hydrogen-bond donors (Lipinski definition) is 0. The van der Waals surface area contributed by atoms with Gasteiger partial charge in [0, 0.05) is 27.5 Å². The highest BCUT2D eigenvalue weighted by Gasteiger charge is 2.21. The maximum atomic E-state index is 9.95. The fourth-order valence-electron chi connectivity index (χ4n) is 7.52. The van der Waals surface area contributed by atoms with Gasteiger partial charge in [0.05, 0.1) is 26.1 Å². The summed E-state index contributed by atoms with van der Waals surface area (Å²) in [6.07, 6.45) is 0. The van der Waals surface area contributed by atoms with Gasteiger partial charge in [-0.05, 0) is 67.2 Å². The Morgan fingerprint density at radius 2 is 0.927 bits per heavy atom. The third-order valence-electron chi connectivity index (χ3n) is 9.99. The lowest BCUT2D eigenvalue weighted by Gasteiger charge is -2.14. The molecule has 4 heteroatoms. The van der Waals surface area contributed by atoms with Gasteiger partial charge in [0.15, 0.2) is 11.6 Å². The average Bonchev–Trinajstić information content (AvgIpc) is 3.70. The van der Waals surface area contributed by atoms with E-state index in [1.165, 1.54) is 0 Å². The Balaban J connectivity index is 1.28. The molecule has 11 aromatic rings. The lowest BCUT2D eigenvalue weighted by Crippen LogP contribution is -2.07. The number of aromatic nitrogens is 4. The predicted molar refractivity (Wildman–Crippen MR) is 228 cm³/mol. The molecule has 0 spiro atoms. The van der Waals surface area contributed by atoms with Crippen LogP contribution in [0.3, 0.4) is 0 Å². The van der Waals surface area contributed by atoms with Crippen LogP contribution in [-0.2, 0) is 0 Å². The standard InChI is InChI=1S/C51H32N4/c1-3-15-33(16-4-1)35-19-13-20-36(31-35)38-26-14-27-45-44-25-11-12-28-47(44)55(48(38)45)51-53-49(34-17-5-2-6-18-34)52-50(54-51)37-29-30-43-41-23-8-7-21-39(41)40-22-9-10-24-42(40)46(43)32-37/h1-32H/i7D,8D,9D,10D,21D,22D,23D,24D,29D,30D,32D. The first-order valence-electron chi connectivity index (χ1n) is 23.2. The molecule has 0 fully saturated rings.